The summed E-state index contributed by atoms with van der Waals surface area (Å²) in [5, 5.41) is 6.72. The van der Waals surface area contributed by atoms with Crippen molar-refractivity contribution >= 4 is 11.3 Å². The van der Waals surface area contributed by atoms with Crippen LogP contribution < -0.4 is 4.68 Å². The predicted molar refractivity (Wildman–Crippen MR) is 53.5 cm³/mol. The summed E-state index contributed by atoms with van der Waals surface area (Å²) < 4.78 is 1.91. The van der Waals surface area contributed by atoms with Crippen LogP contribution in [-0.2, 0) is 7.05 Å². The Morgan fingerprint density at radius 3 is 2.46 bits per heavy atom. The van der Waals surface area contributed by atoms with Crippen LogP contribution in [-0.4, -0.2) is 5.10 Å². The van der Waals surface area contributed by atoms with E-state index >= 15 is 0 Å². The molecule has 0 aliphatic rings. The average molecular weight is 191 g/mol. The molecule has 2 nitrogen and oxygen atoms in total. The Morgan fingerprint density at radius 1 is 1.23 bits per heavy atom. The van der Waals surface area contributed by atoms with Crippen LogP contribution in [0.5, 0.6) is 0 Å². The van der Waals surface area contributed by atoms with Crippen LogP contribution in [0.4, 0.5) is 0 Å². The number of hydrogen-bond acceptors (Lipinski definition) is 2. The van der Waals surface area contributed by atoms with E-state index < -0.39 is 0 Å². The smallest absolute Gasteiger partial charge is 0.0800 e. The third kappa shape index (κ3) is 1.60. The van der Waals surface area contributed by atoms with E-state index in [2.05, 4.69) is 24.2 Å². The Kier molecular flexibility index (Phi) is 2.10. The summed E-state index contributed by atoms with van der Waals surface area (Å²) in [6.07, 6.45) is 0. The first-order chi connectivity index (χ1) is 6.27. The van der Waals surface area contributed by atoms with E-state index in [1.165, 1.54) is 10.6 Å². The third-order valence-electron chi connectivity index (χ3n) is 1.96. The van der Waals surface area contributed by atoms with Gasteiger partial charge < -0.3 is 0 Å². The van der Waals surface area contributed by atoms with Crippen molar-refractivity contribution in [3.63, 3.8) is 0 Å². The van der Waals surface area contributed by atoms with E-state index in [0.29, 0.717) is 0 Å². The fraction of sp³-hybridized carbons (Fsp3) is 0.200. The Hall–Kier alpha value is -1.22. The van der Waals surface area contributed by atoms with E-state index in [9.17, 15) is 0 Å². The van der Waals surface area contributed by atoms with Gasteiger partial charge in [0, 0.05) is 17.6 Å². The van der Waals surface area contributed by atoms with Crippen molar-refractivity contribution < 1.29 is 4.68 Å². The number of aryl methyl sites for hydroxylation is 2. The first-order valence-corrected chi connectivity index (χ1v) is 4.98. The molecule has 1 aromatic carbocycles. The molecule has 0 bridgehead atoms. The molecular weight excluding hydrogens is 180 g/mol. The molecule has 0 amide bonds. The van der Waals surface area contributed by atoms with Gasteiger partial charge >= 0.3 is 0 Å². The second kappa shape index (κ2) is 3.26. The highest BCUT2D eigenvalue weighted by Gasteiger charge is 2.11. The van der Waals surface area contributed by atoms with Gasteiger partial charge in [-0.15, -0.1) is 0 Å². The molecule has 13 heavy (non-hydrogen) atoms. The second-order valence-electron chi connectivity index (χ2n) is 2.92. The fourth-order valence-electron chi connectivity index (χ4n) is 1.13. The van der Waals surface area contributed by atoms with Crippen LogP contribution in [0, 0.1) is 6.92 Å². The normalized spacial score (nSPS) is 10.3. The van der Waals surface area contributed by atoms with Crippen LogP contribution in [0.15, 0.2) is 30.3 Å². The SMILES string of the molecule is Cc1sc(-c2ccccc2)n[n+]1C. The summed E-state index contributed by atoms with van der Waals surface area (Å²) in [6.45, 7) is 2.07. The van der Waals surface area contributed by atoms with Crippen LogP contribution in [0.1, 0.15) is 5.01 Å². The lowest BCUT2D eigenvalue weighted by molar-refractivity contribution is -0.730. The van der Waals surface area contributed by atoms with Gasteiger partial charge in [-0.3, -0.25) is 0 Å². The van der Waals surface area contributed by atoms with Gasteiger partial charge in [0.05, 0.1) is 0 Å². The Labute approximate surface area is 81.5 Å². The van der Waals surface area contributed by atoms with Crippen LogP contribution in [0.2, 0.25) is 0 Å². The summed E-state index contributed by atoms with van der Waals surface area (Å²) in [5.41, 5.74) is 1.19. The number of benzene rings is 1. The summed E-state index contributed by atoms with van der Waals surface area (Å²) in [5.74, 6) is 0. The minimum absolute atomic E-state index is 1.08. The highest BCUT2D eigenvalue weighted by molar-refractivity contribution is 7.14. The predicted octanol–water partition coefficient (Wildman–Crippen LogP) is 1.94. The van der Waals surface area contributed by atoms with E-state index in [1.807, 2.05) is 29.9 Å². The minimum Gasteiger partial charge on any atom is -0.0800 e. The van der Waals surface area contributed by atoms with Crippen molar-refractivity contribution in [2.75, 3.05) is 0 Å². The van der Waals surface area contributed by atoms with Gasteiger partial charge in [0.25, 0.3) is 5.01 Å². The lowest BCUT2D eigenvalue weighted by Crippen LogP contribution is -2.32. The van der Waals surface area contributed by atoms with Crippen molar-refractivity contribution in [3.8, 4) is 10.6 Å². The quantitative estimate of drug-likeness (QED) is 0.629. The first-order valence-electron chi connectivity index (χ1n) is 4.16. The molecule has 2 rings (SSSR count). The highest BCUT2D eigenvalue weighted by Crippen LogP contribution is 2.20. The zero-order chi connectivity index (χ0) is 9.26. The Morgan fingerprint density at radius 2 is 1.92 bits per heavy atom. The van der Waals surface area contributed by atoms with Crippen LogP contribution in [0.25, 0.3) is 10.6 Å². The van der Waals surface area contributed by atoms with Crippen molar-refractivity contribution in [1.29, 1.82) is 0 Å². The molecule has 0 atom stereocenters. The van der Waals surface area contributed by atoms with E-state index in [1.54, 1.807) is 11.3 Å². The monoisotopic (exact) mass is 191 g/mol. The molecule has 0 saturated heterocycles. The van der Waals surface area contributed by atoms with Gasteiger partial charge in [-0.2, -0.15) is 0 Å². The van der Waals surface area contributed by atoms with E-state index in [4.69, 9.17) is 0 Å². The lowest BCUT2D eigenvalue weighted by Gasteiger charge is -1.88. The van der Waals surface area contributed by atoms with Gasteiger partial charge in [-0.1, -0.05) is 35.0 Å². The van der Waals surface area contributed by atoms with Crippen molar-refractivity contribution in [2.45, 2.75) is 6.92 Å². The van der Waals surface area contributed by atoms with Crippen molar-refractivity contribution in [3.05, 3.63) is 35.3 Å². The standard InChI is InChI=1S/C10H11N2S/c1-8-12(2)11-10(13-8)9-6-4-3-5-7-9/h3-7H,1-2H3/q+1. The summed E-state index contributed by atoms with van der Waals surface area (Å²) in [6, 6.07) is 10.2. The van der Waals surface area contributed by atoms with Crippen molar-refractivity contribution in [1.82, 2.24) is 5.10 Å². The van der Waals surface area contributed by atoms with Gasteiger partial charge in [-0.25, -0.2) is 0 Å². The maximum Gasteiger partial charge on any atom is 0.262 e. The fourth-order valence-corrected chi connectivity index (χ4v) is 2.00. The molecule has 66 valence electrons. The molecule has 0 saturated carbocycles. The summed E-state index contributed by atoms with van der Waals surface area (Å²) >= 11 is 1.72. The van der Waals surface area contributed by atoms with Gasteiger partial charge in [0.2, 0.25) is 0 Å². The maximum atomic E-state index is 4.42. The first kappa shape index (κ1) is 8.38. The molecule has 0 unspecified atom stereocenters. The van der Waals surface area contributed by atoms with E-state index in [-0.39, 0.29) is 0 Å². The molecule has 0 aliphatic carbocycles. The molecule has 0 radical (unpaired) electrons. The summed E-state index contributed by atoms with van der Waals surface area (Å²) in [7, 11) is 1.97. The molecule has 3 heteroatoms. The van der Waals surface area contributed by atoms with E-state index in [0.717, 1.165) is 5.01 Å². The highest BCUT2D eigenvalue weighted by atomic mass is 32.1. The number of hydrogen-bond donors (Lipinski definition) is 0. The lowest BCUT2D eigenvalue weighted by atomic mass is 10.2. The molecule has 0 aliphatic heterocycles. The number of aromatic nitrogens is 2. The Bertz CT molecular complexity index is 387. The van der Waals surface area contributed by atoms with Crippen LogP contribution >= 0.6 is 11.3 Å². The van der Waals surface area contributed by atoms with Crippen LogP contribution in [0.3, 0.4) is 0 Å². The number of rotatable bonds is 1. The molecule has 0 N–H and O–H groups in total. The van der Waals surface area contributed by atoms with Crippen molar-refractivity contribution in [2.24, 2.45) is 7.05 Å². The topological polar surface area (TPSA) is 16.8 Å². The molecule has 1 aromatic heterocycles. The summed E-state index contributed by atoms with van der Waals surface area (Å²) in [4.78, 5) is 0. The zero-order valence-corrected chi connectivity index (χ0v) is 8.51. The number of nitrogens with zero attached hydrogens (tertiary/aromatic N) is 2. The third-order valence-corrected chi connectivity index (χ3v) is 3.03. The molecular formula is C10H11N2S+. The molecule has 0 spiro atoms. The molecule has 2 aromatic rings. The van der Waals surface area contributed by atoms with Gasteiger partial charge in [0.1, 0.15) is 0 Å². The second-order valence-corrected chi connectivity index (χ2v) is 4.10. The zero-order valence-electron chi connectivity index (χ0n) is 7.69. The molecule has 0 fully saturated rings. The largest absolute Gasteiger partial charge is 0.262 e. The van der Waals surface area contributed by atoms with Gasteiger partial charge in [-0.05, 0) is 11.3 Å². The minimum atomic E-state index is 1.08. The molecule has 1 heterocycles. The maximum absolute atomic E-state index is 4.42. The average Bonchev–Trinajstić information content (AvgIpc) is 2.49. The Balaban J connectivity index is 2.48. The van der Waals surface area contributed by atoms with Gasteiger partial charge in [0.15, 0.2) is 12.1 Å².